The molecule has 0 aliphatic carbocycles. The zero-order chi connectivity index (χ0) is 9.68. The zero-order valence-electron chi connectivity index (χ0n) is 6.91. The average Bonchev–Trinajstić information content (AvgIpc) is 2.03. The van der Waals surface area contributed by atoms with Crippen LogP contribution >= 0.6 is 0 Å². The summed E-state index contributed by atoms with van der Waals surface area (Å²) in [5.74, 6) is 0.359. The lowest BCUT2D eigenvalue weighted by Gasteiger charge is -2.03. The first-order valence-electron chi connectivity index (χ1n) is 3.75. The summed E-state index contributed by atoms with van der Waals surface area (Å²) in [6.45, 7) is -0.417. The molecule has 13 heavy (non-hydrogen) atoms. The molecule has 1 heterocycles. The monoisotopic (exact) mass is 188 g/mol. The van der Waals surface area contributed by atoms with Crippen LogP contribution in [0.3, 0.4) is 0 Å². The molecule has 1 aromatic rings. The molecule has 1 aromatic heterocycles. The van der Waals surface area contributed by atoms with E-state index < -0.39 is 13.0 Å². The van der Waals surface area contributed by atoms with Crippen LogP contribution in [0.4, 0.5) is 14.6 Å². The average molecular weight is 188 g/mol. The third kappa shape index (κ3) is 3.80. The Morgan fingerprint density at radius 2 is 2.31 bits per heavy atom. The van der Waals surface area contributed by atoms with Crippen molar-refractivity contribution in [1.82, 2.24) is 4.98 Å². The maximum absolute atomic E-state index is 11.7. The lowest BCUT2D eigenvalue weighted by Crippen LogP contribution is -2.04. The number of nitrogens with two attached hydrogens (primary N) is 1. The summed E-state index contributed by atoms with van der Waals surface area (Å²) in [7, 11) is 0. The first-order chi connectivity index (χ1) is 6.18. The van der Waals surface area contributed by atoms with E-state index in [-0.39, 0.29) is 6.61 Å². The van der Waals surface area contributed by atoms with Crippen molar-refractivity contribution in [2.24, 2.45) is 0 Å². The van der Waals surface area contributed by atoms with Gasteiger partial charge in [-0.05, 0) is 17.7 Å². The molecular formula is C8H10F2N2O. The third-order valence-corrected chi connectivity index (χ3v) is 1.36. The van der Waals surface area contributed by atoms with Crippen LogP contribution in [0.15, 0.2) is 18.3 Å². The molecular weight excluding hydrogens is 178 g/mol. The highest BCUT2D eigenvalue weighted by Crippen LogP contribution is 2.05. The molecule has 5 heteroatoms. The molecule has 0 spiro atoms. The molecule has 0 saturated heterocycles. The lowest BCUT2D eigenvalue weighted by molar-refractivity contribution is 0.00988. The van der Waals surface area contributed by atoms with Crippen LogP contribution in [-0.4, -0.2) is 18.0 Å². The highest BCUT2D eigenvalue weighted by molar-refractivity contribution is 5.31. The molecule has 0 aliphatic heterocycles. The smallest absolute Gasteiger partial charge is 0.261 e. The van der Waals surface area contributed by atoms with Crippen molar-refractivity contribution in [3.05, 3.63) is 23.9 Å². The summed E-state index contributed by atoms with van der Waals surface area (Å²) in [5.41, 5.74) is 6.12. The second kappa shape index (κ2) is 4.71. The molecule has 72 valence electrons. The van der Waals surface area contributed by atoms with E-state index in [1.807, 2.05) is 0 Å². The Balaban J connectivity index is 2.37. The van der Waals surface area contributed by atoms with Gasteiger partial charge in [-0.1, -0.05) is 0 Å². The van der Waals surface area contributed by atoms with Crippen LogP contribution in [0.5, 0.6) is 0 Å². The minimum atomic E-state index is -2.43. The number of rotatable bonds is 4. The summed E-state index contributed by atoms with van der Waals surface area (Å²) in [4.78, 5) is 3.76. The van der Waals surface area contributed by atoms with Crippen molar-refractivity contribution in [1.29, 1.82) is 0 Å². The molecule has 0 saturated carbocycles. The second-order valence-electron chi connectivity index (χ2n) is 2.50. The number of pyridine rings is 1. The minimum absolute atomic E-state index is 0.136. The molecule has 0 bridgehead atoms. The summed E-state index contributed by atoms with van der Waals surface area (Å²) in [6.07, 6.45) is -0.921. The molecule has 0 radical (unpaired) electrons. The SMILES string of the molecule is Nc1cc(COCC(F)F)ccn1. The maximum Gasteiger partial charge on any atom is 0.261 e. The van der Waals surface area contributed by atoms with Gasteiger partial charge in [0.15, 0.2) is 0 Å². The molecule has 1 rings (SSSR count). The van der Waals surface area contributed by atoms with E-state index in [1.165, 1.54) is 6.20 Å². The van der Waals surface area contributed by atoms with Gasteiger partial charge in [0.2, 0.25) is 0 Å². The molecule has 0 amide bonds. The van der Waals surface area contributed by atoms with Gasteiger partial charge in [0, 0.05) is 6.20 Å². The fourth-order valence-electron chi connectivity index (χ4n) is 0.850. The first kappa shape index (κ1) is 9.85. The summed E-state index contributed by atoms with van der Waals surface area (Å²) >= 11 is 0. The van der Waals surface area contributed by atoms with Gasteiger partial charge in [-0.2, -0.15) is 0 Å². The van der Waals surface area contributed by atoms with E-state index in [4.69, 9.17) is 10.5 Å². The number of aromatic nitrogens is 1. The number of alkyl halides is 2. The van der Waals surface area contributed by atoms with Gasteiger partial charge in [-0.25, -0.2) is 13.8 Å². The Morgan fingerprint density at radius 1 is 1.54 bits per heavy atom. The number of anilines is 1. The second-order valence-corrected chi connectivity index (χ2v) is 2.50. The molecule has 0 aliphatic rings. The number of halogens is 2. The lowest BCUT2D eigenvalue weighted by atomic mass is 10.3. The Labute approximate surface area is 74.5 Å². The summed E-state index contributed by atoms with van der Waals surface area (Å²) in [6, 6.07) is 3.26. The van der Waals surface area contributed by atoms with Crippen LogP contribution in [0.25, 0.3) is 0 Å². The normalized spacial score (nSPS) is 10.7. The minimum Gasteiger partial charge on any atom is -0.384 e. The summed E-state index contributed by atoms with van der Waals surface area (Å²) in [5, 5.41) is 0. The highest BCUT2D eigenvalue weighted by atomic mass is 19.3. The largest absolute Gasteiger partial charge is 0.384 e. The van der Waals surface area contributed by atoms with Gasteiger partial charge in [0.25, 0.3) is 6.43 Å². The predicted molar refractivity (Wildman–Crippen MR) is 44.3 cm³/mol. The van der Waals surface area contributed by atoms with Crippen LogP contribution < -0.4 is 5.73 Å². The number of nitrogen functional groups attached to an aromatic ring is 1. The van der Waals surface area contributed by atoms with Gasteiger partial charge >= 0.3 is 0 Å². The molecule has 3 nitrogen and oxygen atoms in total. The van der Waals surface area contributed by atoms with E-state index in [0.29, 0.717) is 5.82 Å². The maximum atomic E-state index is 11.7. The van der Waals surface area contributed by atoms with Crippen LogP contribution in [0, 0.1) is 0 Å². The van der Waals surface area contributed by atoms with E-state index in [0.717, 1.165) is 5.56 Å². The number of ether oxygens (including phenoxy) is 1. The Hall–Kier alpha value is -1.23. The van der Waals surface area contributed by atoms with Crippen molar-refractivity contribution < 1.29 is 13.5 Å². The predicted octanol–water partition coefficient (Wildman–Crippen LogP) is 1.45. The van der Waals surface area contributed by atoms with Crippen molar-refractivity contribution in [2.45, 2.75) is 13.0 Å². The summed E-state index contributed by atoms with van der Waals surface area (Å²) < 4.78 is 28.0. The van der Waals surface area contributed by atoms with Crippen molar-refractivity contribution in [3.63, 3.8) is 0 Å². The van der Waals surface area contributed by atoms with Gasteiger partial charge in [-0.15, -0.1) is 0 Å². The van der Waals surface area contributed by atoms with Gasteiger partial charge in [-0.3, -0.25) is 0 Å². The van der Waals surface area contributed by atoms with Crippen LogP contribution in [0.2, 0.25) is 0 Å². The molecule has 0 fully saturated rings. The van der Waals surface area contributed by atoms with Crippen molar-refractivity contribution in [3.8, 4) is 0 Å². The van der Waals surface area contributed by atoms with Crippen molar-refractivity contribution >= 4 is 5.82 Å². The highest BCUT2D eigenvalue weighted by Gasteiger charge is 2.02. The van der Waals surface area contributed by atoms with E-state index >= 15 is 0 Å². The zero-order valence-corrected chi connectivity index (χ0v) is 6.91. The van der Waals surface area contributed by atoms with Crippen LogP contribution in [-0.2, 0) is 11.3 Å². The standard InChI is InChI=1S/C8H10F2N2O/c9-7(10)5-13-4-6-1-2-12-8(11)3-6/h1-3,7H,4-5H2,(H2,11,12). The molecule has 0 aromatic carbocycles. The van der Waals surface area contributed by atoms with Crippen molar-refractivity contribution in [2.75, 3.05) is 12.3 Å². The molecule has 2 N–H and O–H groups in total. The Kier molecular flexibility index (Phi) is 3.57. The molecule has 0 unspecified atom stereocenters. The number of hydrogen-bond donors (Lipinski definition) is 1. The number of nitrogens with zero attached hydrogens (tertiary/aromatic N) is 1. The van der Waals surface area contributed by atoms with Gasteiger partial charge < -0.3 is 10.5 Å². The fourth-order valence-corrected chi connectivity index (χ4v) is 0.850. The Morgan fingerprint density at radius 3 is 2.92 bits per heavy atom. The van der Waals surface area contributed by atoms with Gasteiger partial charge in [0.05, 0.1) is 6.61 Å². The molecule has 0 atom stereocenters. The third-order valence-electron chi connectivity index (χ3n) is 1.36. The topological polar surface area (TPSA) is 48.1 Å². The first-order valence-corrected chi connectivity index (χ1v) is 3.75. The quantitative estimate of drug-likeness (QED) is 0.777. The fraction of sp³-hybridized carbons (Fsp3) is 0.375. The van der Waals surface area contributed by atoms with E-state index in [9.17, 15) is 8.78 Å². The number of hydrogen-bond acceptors (Lipinski definition) is 3. The Bertz CT molecular complexity index is 268. The van der Waals surface area contributed by atoms with Crippen LogP contribution in [0.1, 0.15) is 5.56 Å². The van der Waals surface area contributed by atoms with E-state index in [1.54, 1.807) is 12.1 Å². The van der Waals surface area contributed by atoms with E-state index in [2.05, 4.69) is 4.98 Å². The van der Waals surface area contributed by atoms with Gasteiger partial charge in [0.1, 0.15) is 12.4 Å².